The molecule has 0 saturated heterocycles. The van der Waals surface area contributed by atoms with Crippen LogP contribution in [0.25, 0.3) is 10.7 Å². The topological polar surface area (TPSA) is 72.7 Å². The molecule has 26 heavy (non-hydrogen) atoms. The van der Waals surface area contributed by atoms with Crippen LogP contribution in [0.1, 0.15) is 37.9 Å². The Morgan fingerprint density at radius 2 is 1.96 bits per heavy atom. The average Bonchev–Trinajstić information content (AvgIpc) is 3.26. The zero-order valence-corrected chi connectivity index (χ0v) is 16.0. The molecule has 0 saturated carbocycles. The van der Waals surface area contributed by atoms with Gasteiger partial charge in [-0.3, -0.25) is 4.79 Å². The molecule has 1 atom stereocenters. The lowest BCUT2D eigenvalue weighted by atomic mass is 10.00. The van der Waals surface area contributed by atoms with Crippen LogP contribution >= 0.6 is 11.3 Å². The van der Waals surface area contributed by atoms with E-state index in [1.807, 2.05) is 24.4 Å². The molecule has 0 aliphatic carbocycles. The summed E-state index contributed by atoms with van der Waals surface area (Å²) in [5.41, 5.74) is 2.40. The van der Waals surface area contributed by atoms with E-state index in [2.05, 4.69) is 58.8 Å². The molecule has 1 N–H and O–H groups in total. The van der Waals surface area contributed by atoms with Gasteiger partial charge in [0.25, 0.3) is 0 Å². The molecule has 0 aliphatic rings. The van der Waals surface area contributed by atoms with E-state index in [4.69, 9.17) is 0 Å². The van der Waals surface area contributed by atoms with Crippen molar-refractivity contribution in [3.63, 3.8) is 0 Å². The number of carbonyl (C=O) groups is 1. The number of thiophene rings is 1. The molecule has 0 spiro atoms. The molecular weight excluding hydrogens is 346 g/mol. The van der Waals surface area contributed by atoms with Crippen LogP contribution in [0, 0.1) is 5.92 Å². The first-order valence-corrected chi connectivity index (χ1v) is 9.59. The van der Waals surface area contributed by atoms with E-state index in [0.717, 1.165) is 16.9 Å². The molecule has 3 rings (SSSR count). The first-order chi connectivity index (χ1) is 12.5. The normalized spacial score (nSPS) is 12.3. The lowest BCUT2D eigenvalue weighted by Crippen LogP contribution is -2.30. The molecule has 1 amide bonds. The third-order valence-corrected chi connectivity index (χ3v) is 4.85. The summed E-state index contributed by atoms with van der Waals surface area (Å²) in [6, 6.07) is 12.2. The highest BCUT2D eigenvalue weighted by molar-refractivity contribution is 7.13. The van der Waals surface area contributed by atoms with Gasteiger partial charge in [-0.15, -0.1) is 21.5 Å². The Morgan fingerprint density at radius 3 is 2.62 bits per heavy atom. The number of hydrogen-bond donors (Lipinski definition) is 1. The van der Waals surface area contributed by atoms with Crippen molar-refractivity contribution < 1.29 is 4.79 Å². The van der Waals surface area contributed by atoms with Gasteiger partial charge < -0.3 is 5.32 Å². The van der Waals surface area contributed by atoms with Crippen molar-refractivity contribution in [2.24, 2.45) is 5.92 Å². The molecule has 3 aromatic rings. The summed E-state index contributed by atoms with van der Waals surface area (Å²) in [5.74, 6) is 1.03. The maximum Gasteiger partial charge on any atom is 0.244 e. The molecule has 6 nitrogen and oxygen atoms in total. The van der Waals surface area contributed by atoms with Crippen LogP contribution < -0.4 is 5.32 Å². The summed E-state index contributed by atoms with van der Waals surface area (Å²) in [7, 11) is 0. The van der Waals surface area contributed by atoms with E-state index >= 15 is 0 Å². The second kappa shape index (κ2) is 8.23. The summed E-state index contributed by atoms with van der Waals surface area (Å²) in [5, 5.41) is 17.1. The molecule has 0 bridgehead atoms. The van der Waals surface area contributed by atoms with Gasteiger partial charge in [0.2, 0.25) is 11.7 Å². The van der Waals surface area contributed by atoms with Crippen LogP contribution in [0.15, 0.2) is 41.8 Å². The van der Waals surface area contributed by atoms with Gasteiger partial charge in [-0.25, -0.2) is 0 Å². The molecule has 136 valence electrons. The highest BCUT2D eigenvalue weighted by Gasteiger charge is 2.13. The van der Waals surface area contributed by atoms with Gasteiger partial charge in [0.15, 0.2) is 0 Å². The lowest BCUT2D eigenvalue weighted by molar-refractivity contribution is -0.122. The highest BCUT2D eigenvalue weighted by atomic mass is 32.1. The largest absolute Gasteiger partial charge is 0.348 e. The molecule has 0 fully saturated rings. The number of rotatable bonds is 7. The fraction of sp³-hybridized carbons (Fsp3) is 0.368. The Kier molecular flexibility index (Phi) is 5.78. The molecule has 7 heteroatoms. The van der Waals surface area contributed by atoms with Crippen molar-refractivity contribution >= 4 is 17.2 Å². The summed E-state index contributed by atoms with van der Waals surface area (Å²) in [6.45, 7) is 6.44. The van der Waals surface area contributed by atoms with Crippen LogP contribution in [-0.2, 0) is 17.8 Å². The number of tetrazole rings is 1. The fourth-order valence-corrected chi connectivity index (χ4v) is 3.38. The Hall–Kier alpha value is -2.54. The fourth-order valence-electron chi connectivity index (χ4n) is 2.73. The third kappa shape index (κ3) is 4.76. The first kappa shape index (κ1) is 18.3. The van der Waals surface area contributed by atoms with Gasteiger partial charge in [-0.1, -0.05) is 44.2 Å². The molecular formula is C19H23N5OS. The average molecular weight is 369 g/mol. The Bertz CT molecular complexity index is 839. The molecule has 0 unspecified atom stereocenters. The van der Waals surface area contributed by atoms with Crippen molar-refractivity contribution in [1.29, 1.82) is 0 Å². The zero-order valence-electron chi connectivity index (χ0n) is 15.2. The number of nitrogens with zero attached hydrogens (tertiary/aromatic N) is 4. The van der Waals surface area contributed by atoms with Crippen molar-refractivity contribution in [1.82, 2.24) is 25.5 Å². The Balaban J connectivity index is 1.56. The smallest absolute Gasteiger partial charge is 0.244 e. The van der Waals surface area contributed by atoms with E-state index in [0.29, 0.717) is 11.7 Å². The van der Waals surface area contributed by atoms with E-state index < -0.39 is 0 Å². The molecule has 0 radical (unpaired) electrons. The van der Waals surface area contributed by atoms with Gasteiger partial charge in [0, 0.05) is 0 Å². The van der Waals surface area contributed by atoms with Gasteiger partial charge >= 0.3 is 0 Å². The van der Waals surface area contributed by atoms with Crippen molar-refractivity contribution in [2.75, 3.05) is 0 Å². The standard InChI is InChI=1S/C19H23N5OS/c1-13(2)11-15-6-8-16(9-7-15)14(3)20-18(25)12-24-22-19(21-23-24)17-5-4-10-26-17/h4-10,13-14H,11-12H2,1-3H3,(H,20,25)/t14-/m0/s1. The van der Waals surface area contributed by atoms with Crippen LogP contribution in [0.2, 0.25) is 0 Å². The van der Waals surface area contributed by atoms with E-state index in [9.17, 15) is 4.79 Å². The van der Waals surface area contributed by atoms with Crippen LogP contribution in [0.4, 0.5) is 0 Å². The highest BCUT2D eigenvalue weighted by Crippen LogP contribution is 2.19. The number of aromatic nitrogens is 4. The van der Waals surface area contributed by atoms with Gasteiger partial charge in [-0.2, -0.15) is 4.80 Å². The number of amides is 1. The van der Waals surface area contributed by atoms with E-state index in [-0.39, 0.29) is 18.5 Å². The second-order valence-corrected chi connectivity index (χ2v) is 7.70. The molecule has 0 aliphatic heterocycles. The molecule has 2 heterocycles. The SMILES string of the molecule is CC(C)Cc1ccc([C@H](C)NC(=O)Cn2nnc(-c3cccs3)n2)cc1. The van der Waals surface area contributed by atoms with Crippen molar-refractivity contribution in [2.45, 2.75) is 39.8 Å². The van der Waals surface area contributed by atoms with Crippen molar-refractivity contribution in [3.05, 3.63) is 52.9 Å². The quantitative estimate of drug-likeness (QED) is 0.692. The van der Waals surface area contributed by atoms with Crippen molar-refractivity contribution in [3.8, 4) is 10.7 Å². The summed E-state index contributed by atoms with van der Waals surface area (Å²) in [6.07, 6.45) is 1.06. The monoisotopic (exact) mass is 369 g/mol. The predicted molar refractivity (Wildman–Crippen MR) is 103 cm³/mol. The Morgan fingerprint density at radius 1 is 1.19 bits per heavy atom. The third-order valence-electron chi connectivity index (χ3n) is 3.98. The van der Waals surface area contributed by atoms with E-state index in [1.165, 1.54) is 10.4 Å². The van der Waals surface area contributed by atoms with Gasteiger partial charge in [0.05, 0.1) is 10.9 Å². The maximum atomic E-state index is 12.3. The second-order valence-electron chi connectivity index (χ2n) is 6.75. The Labute approximate surface area is 157 Å². The van der Waals surface area contributed by atoms with E-state index in [1.54, 1.807) is 11.3 Å². The maximum absolute atomic E-state index is 12.3. The lowest BCUT2D eigenvalue weighted by Gasteiger charge is -2.15. The minimum absolute atomic E-state index is 0.0498. The minimum Gasteiger partial charge on any atom is -0.348 e. The predicted octanol–water partition coefficient (Wildman–Crippen LogP) is 3.48. The molecule has 1 aromatic carbocycles. The zero-order chi connectivity index (χ0) is 18.5. The number of carbonyl (C=O) groups excluding carboxylic acids is 1. The first-order valence-electron chi connectivity index (χ1n) is 8.71. The number of benzene rings is 1. The summed E-state index contributed by atoms with van der Waals surface area (Å²) >= 11 is 1.54. The van der Waals surface area contributed by atoms with Gasteiger partial charge in [0.1, 0.15) is 6.54 Å². The number of nitrogens with one attached hydrogen (secondary N) is 1. The number of hydrogen-bond acceptors (Lipinski definition) is 5. The van der Waals surface area contributed by atoms with Crippen LogP contribution in [0.5, 0.6) is 0 Å². The van der Waals surface area contributed by atoms with Crippen LogP contribution in [0.3, 0.4) is 0 Å². The van der Waals surface area contributed by atoms with Gasteiger partial charge in [-0.05, 0) is 47.0 Å². The van der Waals surface area contributed by atoms with Crippen LogP contribution in [-0.4, -0.2) is 26.1 Å². The summed E-state index contributed by atoms with van der Waals surface area (Å²) < 4.78 is 0. The molecule has 2 aromatic heterocycles. The summed E-state index contributed by atoms with van der Waals surface area (Å²) in [4.78, 5) is 14.5. The minimum atomic E-state index is -0.140.